The first kappa shape index (κ1) is 38.1. The van der Waals surface area contributed by atoms with Crippen molar-refractivity contribution in [2.45, 2.75) is 72.5 Å². The number of imidazole rings is 1. The number of aromatic nitrogens is 3. The third-order valence-electron chi connectivity index (χ3n) is 11.9. The van der Waals surface area contributed by atoms with Crippen molar-refractivity contribution in [2.24, 2.45) is 0 Å². The molecule has 0 fully saturated rings. The number of aromatic hydroxyl groups is 1. The first-order valence-electron chi connectivity index (χ1n) is 24.0. The smallest absolute Gasteiger partial charge is 0.148 e. The number of phenols is 1. The number of pyridine rings is 1. The first-order valence-corrected chi connectivity index (χ1v) is 21.5. The molecule has 9 rings (SSSR count). The van der Waals surface area contributed by atoms with E-state index in [1.54, 1.807) is 58.0 Å². The van der Waals surface area contributed by atoms with Crippen molar-refractivity contribution in [3.05, 3.63) is 192 Å². The molecule has 0 aliphatic carbocycles. The molecule has 9 aromatic rings. The fourth-order valence-electron chi connectivity index (χ4n) is 8.52. The molecule has 0 aliphatic rings. The van der Waals surface area contributed by atoms with Crippen LogP contribution in [0.15, 0.2) is 164 Å². The van der Waals surface area contributed by atoms with Gasteiger partial charge < -0.3 is 5.11 Å². The van der Waals surface area contributed by atoms with E-state index in [0.29, 0.717) is 50.4 Å². The molecule has 0 amide bonds. The molecule has 0 unspecified atom stereocenters. The van der Waals surface area contributed by atoms with Crippen LogP contribution in [0.5, 0.6) is 5.75 Å². The number of aryl methyl sites for hydroxylation is 1. The van der Waals surface area contributed by atoms with E-state index in [-0.39, 0.29) is 37.8 Å². The normalized spacial score (nSPS) is 13.3. The Kier molecular flexibility index (Phi) is 10.7. The van der Waals surface area contributed by atoms with Crippen LogP contribution in [0.2, 0.25) is 0 Å². The van der Waals surface area contributed by atoms with Gasteiger partial charge in [-0.05, 0) is 111 Å². The molecule has 0 radical (unpaired) electrons. The number of benzene rings is 7. The summed E-state index contributed by atoms with van der Waals surface area (Å²) in [6.07, 6.45) is 1.84. The van der Waals surface area contributed by atoms with Crippen LogP contribution in [-0.2, 0) is 26.5 Å². The van der Waals surface area contributed by atoms with Crippen LogP contribution in [0.4, 0.5) is 0 Å². The van der Waals surface area contributed by atoms with Crippen molar-refractivity contribution >= 4 is 11.0 Å². The van der Waals surface area contributed by atoms with E-state index >= 15 is 0 Å². The molecule has 322 valence electrons. The summed E-state index contributed by atoms with van der Waals surface area (Å²) < 4.78 is 47.0. The standard InChI is InChI=1S/C59H54N3O.Pt/c1-37(2)48-19-14-20-49(38(3)4)56(48)44-28-29-53(39(5)32-44)62-54-22-15-21-50(57(54)61-58(62)51-18-12-13-23-55(51)63)45-33-46(35-47(34-45)59(6,7)8)52-36-43(30-31-60-52)42-26-24-41(25-27-42)40-16-10-9-11-17-40;/h9-32,34-38,63H,1-8H3;/q-1;/i5D3,37D,38D;. The minimum absolute atomic E-state index is 0. The molecule has 4 nitrogen and oxygen atoms in total. The maximum absolute atomic E-state index is 11.4. The van der Waals surface area contributed by atoms with Gasteiger partial charge in [0.05, 0.1) is 22.3 Å². The van der Waals surface area contributed by atoms with Crippen LogP contribution in [0, 0.1) is 12.9 Å². The Morgan fingerprint density at radius 3 is 1.91 bits per heavy atom. The second kappa shape index (κ2) is 18.0. The Hall–Kier alpha value is -6.35. The number of para-hydroxylation sites is 2. The van der Waals surface area contributed by atoms with Crippen LogP contribution in [0.25, 0.3) is 83.9 Å². The summed E-state index contributed by atoms with van der Waals surface area (Å²) in [6.45, 7) is 11.1. The summed E-state index contributed by atoms with van der Waals surface area (Å²) >= 11 is 0. The summed E-state index contributed by atoms with van der Waals surface area (Å²) in [5.74, 6) is -1.72. The van der Waals surface area contributed by atoms with Crippen LogP contribution in [0.3, 0.4) is 0 Å². The van der Waals surface area contributed by atoms with E-state index in [1.807, 2.05) is 83.6 Å². The molecular formula is C59H54N3OPt-. The molecule has 0 aliphatic heterocycles. The van der Waals surface area contributed by atoms with Crippen molar-refractivity contribution in [1.82, 2.24) is 14.5 Å². The van der Waals surface area contributed by atoms with E-state index in [2.05, 4.69) is 81.4 Å². The van der Waals surface area contributed by atoms with Crippen LogP contribution >= 0.6 is 0 Å². The number of fused-ring (bicyclic) bond motifs is 1. The summed E-state index contributed by atoms with van der Waals surface area (Å²) in [5.41, 5.74) is 13.1. The van der Waals surface area contributed by atoms with E-state index < -0.39 is 18.6 Å². The van der Waals surface area contributed by atoms with Gasteiger partial charge in [0.1, 0.15) is 11.6 Å². The molecule has 0 atom stereocenters. The molecule has 2 aromatic heterocycles. The van der Waals surface area contributed by atoms with Gasteiger partial charge in [-0.3, -0.25) is 9.55 Å². The van der Waals surface area contributed by atoms with E-state index in [1.165, 1.54) is 0 Å². The van der Waals surface area contributed by atoms with Gasteiger partial charge in [-0.15, -0.1) is 29.3 Å². The van der Waals surface area contributed by atoms with Gasteiger partial charge in [0, 0.05) is 39.8 Å². The topological polar surface area (TPSA) is 50.9 Å². The summed E-state index contributed by atoms with van der Waals surface area (Å²) in [7, 11) is 0. The van der Waals surface area contributed by atoms with Gasteiger partial charge in [0.25, 0.3) is 0 Å². The second-order valence-electron chi connectivity index (χ2n) is 17.7. The Morgan fingerprint density at radius 1 is 0.625 bits per heavy atom. The Bertz CT molecular complexity index is 3310. The Labute approximate surface area is 400 Å². The van der Waals surface area contributed by atoms with Crippen molar-refractivity contribution in [3.8, 4) is 78.6 Å². The zero-order valence-electron chi connectivity index (χ0n) is 42.2. The molecule has 64 heavy (non-hydrogen) atoms. The zero-order chi connectivity index (χ0) is 48.3. The Balaban J connectivity index is 0.00000642. The molecule has 5 heteroatoms. The number of rotatable bonds is 9. The van der Waals surface area contributed by atoms with Crippen molar-refractivity contribution in [3.63, 3.8) is 0 Å². The SMILES string of the molecule is [2H]C([2H])([2H])c1cc(-c2c(C([2H])(C)C)cccc2C([2H])(C)C)ccc1-n1c(-c2ccccc2O)nc2c(-c3[c-]c(-c4cc(-c5ccc(-c6ccccc6)cc5)ccn4)cc(C(C)(C)C)c3)cccc21.[Pt]. The quantitative estimate of drug-likeness (QED) is 0.147. The molecule has 0 spiro atoms. The average molecular weight is 1020 g/mol. The average Bonchev–Trinajstić information content (AvgIpc) is 3.70. The van der Waals surface area contributed by atoms with Gasteiger partial charge in [-0.2, -0.15) is 0 Å². The predicted molar refractivity (Wildman–Crippen MR) is 264 cm³/mol. The van der Waals surface area contributed by atoms with Gasteiger partial charge in [-0.1, -0.05) is 169 Å². The molecular weight excluding hydrogens is 962 g/mol. The molecule has 1 N–H and O–H groups in total. The third kappa shape index (κ3) is 8.52. The predicted octanol–water partition coefficient (Wildman–Crippen LogP) is 15.8. The van der Waals surface area contributed by atoms with Crippen molar-refractivity contribution in [1.29, 1.82) is 0 Å². The summed E-state index contributed by atoms with van der Waals surface area (Å²) in [6, 6.07) is 54.8. The van der Waals surface area contributed by atoms with Crippen LogP contribution in [0.1, 0.15) is 89.4 Å². The van der Waals surface area contributed by atoms with Crippen LogP contribution < -0.4 is 0 Å². The second-order valence-corrected chi connectivity index (χ2v) is 17.7. The monoisotopic (exact) mass is 1020 g/mol. The fourth-order valence-corrected chi connectivity index (χ4v) is 8.52. The Morgan fingerprint density at radius 2 is 1.23 bits per heavy atom. The van der Waals surface area contributed by atoms with Crippen molar-refractivity contribution < 1.29 is 33.0 Å². The minimum atomic E-state index is -2.60. The van der Waals surface area contributed by atoms with Gasteiger partial charge >= 0.3 is 0 Å². The van der Waals surface area contributed by atoms with Crippen molar-refractivity contribution in [2.75, 3.05) is 0 Å². The molecule has 2 heterocycles. The van der Waals surface area contributed by atoms with Gasteiger partial charge in [0.2, 0.25) is 0 Å². The first-order chi connectivity index (χ1) is 32.2. The van der Waals surface area contributed by atoms with Gasteiger partial charge in [-0.25, -0.2) is 4.98 Å². The summed E-state index contributed by atoms with van der Waals surface area (Å²) in [4.78, 5) is 10.2. The number of hydrogen-bond donors (Lipinski definition) is 1. The molecule has 0 saturated heterocycles. The molecule has 0 bridgehead atoms. The van der Waals surface area contributed by atoms with E-state index in [0.717, 1.165) is 50.2 Å². The number of phenolic OH excluding ortho intramolecular Hbond substituents is 1. The fraction of sp³-hybridized carbons (Fsp3) is 0.186. The minimum Gasteiger partial charge on any atom is -0.507 e. The van der Waals surface area contributed by atoms with E-state index in [4.69, 9.17) is 16.8 Å². The van der Waals surface area contributed by atoms with E-state index in [9.17, 15) is 5.11 Å². The van der Waals surface area contributed by atoms with Gasteiger partial charge in [0.15, 0.2) is 0 Å². The molecule has 7 aromatic carbocycles. The van der Waals surface area contributed by atoms with Crippen LogP contribution in [-0.4, -0.2) is 19.6 Å². The maximum Gasteiger partial charge on any atom is 0.148 e. The molecule has 0 saturated carbocycles. The zero-order valence-corrected chi connectivity index (χ0v) is 39.5. The largest absolute Gasteiger partial charge is 0.507 e. The number of hydrogen-bond acceptors (Lipinski definition) is 3. The summed E-state index contributed by atoms with van der Waals surface area (Å²) in [5, 5.41) is 11.4. The number of nitrogens with zero attached hydrogens (tertiary/aromatic N) is 3. The maximum atomic E-state index is 11.4. The third-order valence-corrected chi connectivity index (χ3v) is 11.9.